The second-order valence-corrected chi connectivity index (χ2v) is 12.2. The van der Waals surface area contributed by atoms with E-state index in [1.807, 2.05) is 47.4 Å². The highest BCUT2D eigenvalue weighted by Crippen LogP contribution is 2.61. The van der Waals surface area contributed by atoms with E-state index in [9.17, 15) is 19.5 Å². The molecule has 7 nitrogen and oxygen atoms in total. The number of amides is 2. The number of unbranched alkanes of at least 4 members (excludes halogenated alkanes) is 1. The van der Waals surface area contributed by atoms with Crippen molar-refractivity contribution in [2.45, 2.75) is 67.5 Å². The molecular formula is C30H38N2O5S. The van der Waals surface area contributed by atoms with E-state index < -0.39 is 28.7 Å². The molecule has 1 unspecified atom stereocenters. The number of benzene rings is 1. The Hall–Kier alpha value is -2.58. The molecule has 0 saturated carbocycles. The van der Waals surface area contributed by atoms with Gasteiger partial charge in [-0.3, -0.25) is 14.4 Å². The fourth-order valence-electron chi connectivity index (χ4n) is 6.48. The van der Waals surface area contributed by atoms with Crippen molar-refractivity contribution in [2.24, 2.45) is 11.8 Å². The Labute approximate surface area is 229 Å². The highest BCUT2D eigenvalue weighted by atomic mass is 32.2. The van der Waals surface area contributed by atoms with E-state index in [1.165, 1.54) is 0 Å². The SMILES string of the molecule is CCCCN1CC=C[C@]23S[C@H]4/C=C\CCCCOC(=O)[C@H]4[C@H]2C(=O)N([C@@H](CO)Cc2ccccc2)C3C1=O. The Kier molecular flexibility index (Phi) is 8.29. The molecule has 1 spiro atoms. The van der Waals surface area contributed by atoms with Crippen LogP contribution >= 0.6 is 11.8 Å². The number of hydrogen-bond acceptors (Lipinski definition) is 6. The quantitative estimate of drug-likeness (QED) is 0.423. The van der Waals surface area contributed by atoms with E-state index in [2.05, 4.69) is 19.1 Å². The summed E-state index contributed by atoms with van der Waals surface area (Å²) in [4.78, 5) is 45.7. The van der Waals surface area contributed by atoms with Gasteiger partial charge >= 0.3 is 5.97 Å². The van der Waals surface area contributed by atoms with Crippen LogP contribution in [0, 0.1) is 11.8 Å². The van der Waals surface area contributed by atoms with Crippen LogP contribution in [-0.4, -0.2) is 81.1 Å². The topological polar surface area (TPSA) is 87.2 Å². The van der Waals surface area contributed by atoms with Gasteiger partial charge in [0.2, 0.25) is 11.8 Å². The second kappa shape index (κ2) is 11.7. The predicted molar refractivity (Wildman–Crippen MR) is 147 cm³/mol. The molecule has 4 aliphatic rings. The van der Waals surface area contributed by atoms with Gasteiger partial charge in [-0.05, 0) is 37.7 Å². The van der Waals surface area contributed by atoms with Crippen molar-refractivity contribution in [1.29, 1.82) is 0 Å². The third-order valence-corrected chi connectivity index (χ3v) is 10.1. The molecule has 2 amide bonds. The minimum atomic E-state index is -0.897. The molecule has 0 radical (unpaired) electrons. The largest absolute Gasteiger partial charge is 0.465 e. The van der Waals surface area contributed by atoms with Gasteiger partial charge in [-0.2, -0.15) is 0 Å². The molecule has 1 aromatic rings. The minimum absolute atomic E-state index is 0.0978. The molecule has 2 saturated heterocycles. The maximum absolute atomic E-state index is 14.4. The van der Waals surface area contributed by atoms with Crippen LogP contribution < -0.4 is 0 Å². The summed E-state index contributed by atoms with van der Waals surface area (Å²) in [5.74, 6) is -2.09. The lowest BCUT2D eigenvalue weighted by atomic mass is 9.78. The number of carbonyl (C=O) groups excluding carboxylic acids is 3. The zero-order chi connectivity index (χ0) is 26.7. The third kappa shape index (κ3) is 4.81. The zero-order valence-electron chi connectivity index (χ0n) is 22.0. The minimum Gasteiger partial charge on any atom is -0.465 e. The van der Waals surface area contributed by atoms with Gasteiger partial charge in [-0.25, -0.2) is 0 Å². The van der Waals surface area contributed by atoms with Crippen LogP contribution in [0.5, 0.6) is 0 Å². The normalized spacial score (nSPS) is 32.7. The van der Waals surface area contributed by atoms with E-state index in [0.717, 1.165) is 37.7 Å². The number of nitrogens with zero attached hydrogens (tertiary/aromatic N) is 2. The van der Waals surface area contributed by atoms with E-state index in [-0.39, 0.29) is 29.6 Å². The lowest BCUT2D eigenvalue weighted by Gasteiger charge is -2.38. The first-order chi connectivity index (χ1) is 18.5. The van der Waals surface area contributed by atoms with Crippen LogP contribution in [0.1, 0.15) is 44.6 Å². The summed E-state index contributed by atoms with van der Waals surface area (Å²) in [6.45, 7) is 3.25. The van der Waals surface area contributed by atoms with E-state index in [1.54, 1.807) is 16.7 Å². The van der Waals surface area contributed by atoms with Crippen LogP contribution in [0.4, 0.5) is 0 Å². The summed E-state index contributed by atoms with van der Waals surface area (Å²) >= 11 is 1.56. The second-order valence-electron chi connectivity index (χ2n) is 10.7. The number of fused-ring (bicyclic) bond motifs is 2. The summed E-state index contributed by atoms with van der Waals surface area (Å²) < 4.78 is 4.79. The number of cyclic esters (lactones) is 1. The van der Waals surface area contributed by atoms with Crippen molar-refractivity contribution in [1.82, 2.24) is 9.80 Å². The first-order valence-electron chi connectivity index (χ1n) is 14.0. The van der Waals surface area contributed by atoms with Crippen molar-refractivity contribution >= 4 is 29.5 Å². The van der Waals surface area contributed by atoms with Gasteiger partial charge < -0.3 is 19.6 Å². The number of likely N-dealkylation sites (tertiary alicyclic amines) is 1. The first-order valence-corrected chi connectivity index (χ1v) is 14.8. The Morgan fingerprint density at radius 1 is 1.13 bits per heavy atom. The molecule has 2 fully saturated rings. The fourth-order valence-corrected chi connectivity index (χ4v) is 8.47. The van der Waals surface area contributed by atoms with Crippen molar-refractivity contribution in [3.63, 3.8) is 0 Å². The molecule has 0 aromatic heterocycles. The first kappa shape index (κ1) is 27.0. The highest BCUT2D eigenvalue weighted by Gasteiger charge is 2.71. The smallest absolute Gasteiger partial charge is 0.311 e. The van der Waals surface area contributed by atoms with Gasteiger partial charge in [0.1, 0.15) is 6.04 Å². The maximum Gasteiger partial charge on any atom is 0.311 e. The average Bonchev–Trinajstić information content (AvgIpc) is 3.32. The average molecular weight is 539 g/mol. The molecule has 4 aliphatic heterocycles. The summed E-state index contributed by atoms with van der Waals surface area (Å²) in [7, 11) is 0. The predicted octanol–water partition coefficient (Wildman–Crippen LogP) is 3.37. The molecule has 1 N–H and O–H groups in total. The Morgan fingerprint density at radius 3 is 2.71 bits per heavy atom. The van der Waals surface area contributed by atoms with Crippen molar-refractivity contribution in [3.8, 4) is 0 Å². The Balaban J connectivity index is 1.59. The lowest BCUT2D eigenvalue weighted by molar-refractivity contribution is -0.153. The number of aliphatic hydroxyl groups excluding tert-OH is 1. The molecule has 5 rings (SSSR count). The number of allylic oxidation sites excluding steroid dienone is 1. The van der Waals surface area contributed by atoms with Gasteiger partial charge in [0.25, 0.3) is 0 Å². The molecular weight excluding hydrogens is 500 g/mol. The summed E-state index contributed by atoms with van der Waals surface area (Å²) in [6.07, 6.45) is 13.1. The van der Waals surface area contributed by atoms with Crippen LogP contribution in [-0.2, 0) is 25.5 Å². The molecule has 204 valence electrons. The van der Waals surface area contributed by atoms with Crippen LogP contribution in [0.25, 0.3) is 0 Å². The van der Waals surface area contributed by atoms with Gasteiger partial charge in [0, 0.05) is 18.3 Å². The number of hydrogen-bond donors (Lipinski definition) is 1. The van der Waals surface area contributed by atoms with E-state index in [0.29, 0.717) is 26.1 Å². The summed E-state index contributed by atoms with van der Waals surface area (Å²) in [5.41, 5.74) is 0.983. The monoisotopic (exact) mass is 538 g/mol. The van der Waals surface area contributed by atoms with Crippen molar-refractivity contribution in [2.75, 3.05) is 26.3 Å². The van der Waals surface area contributed by atoms with Gasteiger partial charge in [-0.15, -0.1) is 11.8 Å². The molecule has 4 heterocycles. The maximum atomic E-state index is 14.4. The zero-order valence-corrected chi connectivity index (χ0v) is 22.9. The molecule has 0 aliphatic carbocycles. The molecule has 6 atom stereocenters. The number of thioether (sulfide) groups is 1. The summed E-state index contributed by atoms with van der Waals surface area (Å²) in [6, 6.07) is 8.36. The third-order valence-electron chi connectivity index (χ3n) is 8.32. The van der Waals surface area contributed by atoms with Crippen LogP contribution in [0.3, 0.4) is 0 Å². The molecule has 8 heteroatoms. The van der Waals surface area contributed by atoms with E-state index >= 15 is 0 Å². The van der Waals surface area contributed by atoms with Crippen LogP contribution in [0.15, 0.2) is 54.6 Å². The Morgan fingerprint density at radius 2 is 1.95 bits per heavy atom. The van der Waals surface area contributed by atoms with Crippen molar-refractivity contribution in [3.05, 3.63) is 60.2 Å². The highest BCUT2D eigenvalue weighted by molar-refractivity contribution is 8.02. The van der Waals surface area contributed by atoms with Gasteiger partial charge in [0.05, 0.1) is 35.8 Å². The Bertz CT molecular complexity index is 1090. The lowest BCUT2D eigenvalue weighted by Crippen LogP contribution is -2.57. The van der Waals surface area contributed by atoms with Gasteiger partial charge in [-0.1, -0.05) is 68.0 Å². The molecule has 1 aromatic carbocycles. The van der Waals surface area contributed by atoms with E-state index in [4.69, 9.17) is 4.74 Å². The summed E-state index contributed by atoms with van der Waals surface area (Å²) in [5, 5.41) is 10.3. The number of esters is 1. The molecule has 0 bridgehead atoms. The number of aliphatic hydroxyl groups is 1. The van der Waals surface area contributed by atoms with Crippen molar-refractivity contribution < 1.29 is 24.2 Å². The number of carbonyl (C=O) groups is 3. The standard InChI is InChI=1S/C30H38N2O5S/c1-2-3-16-31-17-11-15-30-25(24-23(38-30)14-9-4-5-10-18-37-29(24)36)27(34)32(26(30)28(31)35)22(20-33)19-21-12-7-6-8-13-21/h6-9,11-15,22-26,33H,2-5,10,16-20H2,1H3/b14-9-/t22-,23+,24-,25+,26?,30+/m1/s1. The van der Waals surface area contributed by atoms with Gasteiger partial charge in [0.15, 0.2) is 0 Å². The molecule has 38 heavy (non-hydrogen) atoms. The van der Waals surface area contributed by atoms with Crippen LogP contribution in [0.2, 0.25) is 0 Å². The fraction of sp³-hybridized carbons (Fsp3) is 0.567. The number of ether oxygens (including phenoxy) is 1. The number of rotatable bonds is 7.